The lowest BCUT2D eigenvalue weighted by Gasteiger charge is -2.34. The third-order valence-electron chi connectivity index (χ3n) is 5.43. The second kappa shape index (κ2) is 6.52. The fourth-order valence-corrected chi connectivity index (χ4v) is 4.13. The van der Waals surface area contributed by atoms with Crippen molar-refractivity contribution in [1.29, 1.82) is 0 Å². The third kappa shape index (κ3) is 3.14. The molecule has 1 saturated heterocycles. The Balaban J connectivity index is 1.41. The van der Waals surface area contributed by atoms with Gasteiger partial charge in [0.15, 0.2) is 0 Å². The monoisotopic (exact) mass is 340 g/mol. The average Bonchev–Trinajstić information content (AvgIpc) is 2.99. The molecule has 1 aromatic carbocycles. The predicted molar refractivity (Wildman–Crippen MR) is 95.2 cm³/mol. The smallest absolute Gasteiger partial charge is 0.251 e. The molecule has 1 saturated carbocycles. The fraction of sp³-hybridized carbons (Fsp3) is 0.474. The van der Waals surface area contributed by atoms with Crippen LogP contribution in [-0.4, -0.2) is 40.4 Å². The van der Waals surface area contributed by atoms with Gasteiger partial charge in [0.1, 0.15) is 12.6 Å². The van der Waals surface area contributed by atoms with Gasteiger partial charge in [-0.3, -0.25) is 9.59 Å². The number of hydrazine groups is 1. The number of benzene rings is 1. The van der Waals surface area contributed by atoms with E-state index in [0.717, 1.165) is 24.1 Å². The zero-order valence-electron chi connectivity index (χ0n) is 14.4. The molecule has 2 aliphatic heterocycles. The Kier molecular flexibility index (Phi) is 4.21. The van der Waals surface area contributed by atoms with Crippen LogP contribution in [0.15, 0.2) is 36.7 Å². The van der Waals surface area contributed by atoms with E-state index in [1.807, 2.05) is 42.4 Å². The second-order valence-corrected chi connectivity index (χ2v) is 7.21. The SMILES string of the molecule is Cc1ccc(NC(=O)CN2C=CN3NC4CCCCC4C3C2=O)cc1. The fourth-order valence-electron chi connectivity index (χ4n) is 4.13. The van der Waals surface area contributed by atoms with Crippen LogP contribution in [0.4, 0.5) is 5.69 Å². The first-order valence-corrected chi connectivity index (χ1v) is 9.02. The van der Waals surface area contributed by atoms with Crippen LogP contribution >= 0.6 is 0 Å². The summed E-state index contributed by atoms with van der Waals surface area (Å²) in [5.41, 5.74) is 5.33. The third-order valence-corrected chi connectivity index (χ3v) is 5.43. The van der Waals surface area contributed by atoms with Crippen LogP contribution in [0.2, 0.25) is 0 Å². The van der Waals surface area contributed by atoms with Crippen LogP contribution in [0, 0.1) is 12.8 Å². The van der Waals surface area contributed by atoms with Crippen molar-refractivity contribution in [3.63, 3.8) is 0 Å². The van der Waals surface area contributed by atoms with Crippen LogP contribution in [0.1, 0.15) is 31.2 Å². The molecule has 1 aromatic rings. The first-order chi connectivity index (χ1) is 12.1. The van der Waals surface area contributed by atoms with Gasteiger partial charge in [0.05, 0.1) is 0 Å². The number of rotatable bonds is 3. The van der Waals surface area contributed by atoms with E-state index in [1.54, 1.807) is 11.1 Å². The number of nitrogens with one attached hydrogen (secondary N) is 2. The van der Waals surface area contributed by atoms with Crippen LogP contribution in [-0.2, 0) is 9.59 Å². The largest absolute Gasteiger partial charge is 0.325 e. The lowest BCUT2D eigenvalue weighted by atomic mass is 9.81. The second-order valence-electron chi connectivity index (χ2n) is 7.21. The van der Waals surface area contributed by atoms with Gasteiger partial charge in [0, 0.05) is 30.0 Å². The number of carbonyl (C=O) groups excluding carboxylic acids is 2. The molecular weight excluding hydrogens is 316 g/mol. The highest BCUT2D eigenvalue weighted by molar-refractivity contribution is 5.96. The molecular formula is C19H24N4O2. The zero-order valence-corrected chi connectivity index (χ0v) is 14.4. The van der Waals surface area contributed by atoms with Crippen molar-refractivity contribution >= 4 is 17.5 Å². The summed E-state index contributed by atoms with van der Waals surface area (Å²) < 4.78 is 0. The van der Waals surface area contributed by atoms with Crippen molar-refractivity contribution in [3.05, 3.63) is 42.2 Å². The number of carbonyl (C=O) groups is 2. The van der Waals surface area contributed by atoms with Crippen molar-refractivity contribution in [1.82, 2.24) is 15.3 Å². The Hall–Kier alpha value is -2.34. The number of aryl methyl sites for hydroxylation is 1. The van der Waals surface area contributed by atoms with Gasteiger partial charge in [-0.2, -0.15) is 0 Å². The van der Waals surface area contributed by atoms with Gasteiger partial charge < -0.3 is 15.2 Å². The van der Waals surface area contributed by atoms with Gasteiger partial charge in [-0.25, -0.2) is 5.43 Å². The topological polar surface area (TPSA) is 64.7 Å². The number of amides is 2. The highest BCUT2D eigenvalue weighted by Gasteiger charge is 2.48. The van der Waals surface area contributed by atoms with E-state index in [-0.39, 0.29) is 24.4 Å². The van der Waals surface area contributed by atoms with Crippen molar-refractivity contribution in [3.8, 4) is 0 Å². The van der Waals surface area contributed by atoms with E-state index in [9.17, 15) is 9.59 Å². The summed E-state index contributed by atoms with van der Waals surface area (Å²) in [6.07, 6.45) is 8.18. The lowest BCUT2D eigenvalue weighted by molar-refractivity contribution is -0.138. The molecule has 0 radical (unpaired) electrons. The molecule has 0 bridgehead atoms. The summed E-state index contributed by atoms with van der Waals surface area (Å²) >= 11 is 0. The molecule has 3 aliphatic rings. The van der Waals surface area contributed by atoms with Crippen LogP contribution < -0.4 is 10.7 Å². The Morgan fingerprint density at radius 2 is 1.96 bits per heavy atom. The van der Waals surface area contributed by atoms with E-state index in [0.29, 0.717) is 12.0 Å². The number of anilines is 1. The molecule has 2 fully saturated rings. The van der Waals surface area contributed by atoms with Gasteiger partial charge >= 0.3 is 0 Å². The molecule has 0 aromatic heterocycles. The number of nitrogens with zero attached hydrogens (tertiary/aromatic N) is 2. The average molecular weight is 340 g/mol. The maximum Gasteiger partial charge on any atom is 0.251 e. The maximum atomic E-state index is 12.9. The van der Waals surface area contributed by atoms with Crippen LogP contribution in [0.5, 0.6) is 0 Å². The molecule has 3 atom stereocenters. The molecule has 2 amide bonds. The summed E-state index contributed by atoms with van der Waals surface area (Å²) in [4.78, 5) is 26.8. The molecule has 2 N–H and O–H groups in total. The van der Waals surface area contributed by atoms with Crippen molar-refractivity contribution in [2.45, 2.75) is 44.7 Å². The normalized spacial score (nSPS) is 27.9. The molecule has 6 heteroatoms. The molecule has 3 unspecified atom stereocenters. The molecule has 4 rings (SSSR count). The van der Waals surface area contributed by atoms with E-state index in [1.165, 1.54) is 12.8 Å². The van der Waals surface area contributed by atoms with E-state index < -0.39 is 0 Å². The Bertz CT molecular complexity index is 700. The Morgan fingerprint density at radius 3 is 2.76 bits per heavy atom. The van der Waals surface area contributed by atoms with Gasteiger partial charge in [-0.15, -0.1) is 0 Å². The van der Waals surface area contributed by atoms with Crippen LogP contribution in [0.3, 0.4) is 0 Å². The molecule has 0 spiro atoms. The number of hydrogen-bond donors (Lipinski definition) is 2. The van der Waals surface area contributed by atoms with Crippen LogP contribution in [0.25, 0.3) is 0 Å². The molecule has 25 heavy (non-hydrogen) atoms. The minimum atomic E-state index is -0.179. The highest BCUT2D eigenvalue weighted by atomic mass is 16.2. The quantitative estimate of drug-likeness (QED) is 0.883. The standard InChI is InChI=1S/C19H24N4O2/c1-13-6-8-14(9-7-13)20-17(24)12-22-10-11-23-18(19(22)25)15-4-2-3-5-16(15)21-23/h6-11,15-16,18,21H,2-5,12H2,1H3,(H,20,24). The molecule has 1 aliphatic carbocycles. The van der Waals surface area contributed by atoms with E-state index >= 15 is 0 Å². The summed E-state index contributed by atoms with van der Waals surface area (Å²) in [7, 11) is 0. The van der Waals surface area contributed by atoms with Crippen molar-refractivity contribution in [2.24, 2.45) is 5.92 Å². The number of hydrogen-bond acceptors (Lipinski definition) is 4. The van der Waals surface area contributed by atoms with E-state index in [2.05, 4.69) is 10.7 Å². The van der Waals surface area contributed by atoms with Gasteiger partial charge in [0.2, 0.25) is 5.91 Å². The summed E-state index contributed by atoms with van der Waals surface area (Å²) in [6.45, 7) is 2.05. The first kappa shape index (κ1) is 16.1. The van der Waals surface area contributed by atoms with Crippen molar-refractivity contribution < 1.29 is 9.59 Å². The van der Waals surface area contributed by atoms with Gasteiger partial charge in [-0.05, 0) is 31.9 Å². The van der Waals surface area contributed by atoms with Gasteiger partial charge in [0.25, 0.3) is 5.91 Å². The van der Waals surface area contributed by atoms with Gasteiger partial charge in [-0.1, -0.05) is 30.5 Å². The molecule has 2 heterocycles. The molecule has 6 nitrogen and oxygen atoms in total. The highest BCUT2D eigenvalue weighted by Crippen LogP contribution is 2.36. The number of fused-ring (bicyclic) bond motifs is 3. The summed E-state index contributed by atoms with van der Waals surface area (Å²) in [6, 6.07) is 7.85. The first-order valence-electron chi connectivity index (χ1n) is 9.02. The summed E-state index contributed by atoms with van der Waals surface area (Å²) in [5, 5.41) is 4.80. The minimum Gasteiger partial charge on any atom is -0.325 e. The lowest BCUT2D eigenvalue weighted by Crippen LogP contribution is -2.51. The summed E-state index contributed by atoms with van der Waals surface area (Å²) in [5.74, 6) is 0.179. The minimum absolute atomic E-state index is 0.0171. The predicted octanol–water partition coefficient (Wildman–Crippen LogP) is 1.99. The maximum absolute atomic E-state index is 12.9. The van der Waals surface area contributed by atoms with Crippen molar-refractivity contribution in [2.75, 3.05) is 11.9 Å². The van der Waals surface area contributed by atoms with E-state index in [4.69, 9.17) is 0 Å². The zero-order chi connectivity index (χ0) is 17.4. The molecule has 132 valence electrons. The Labute approximate surface area is 147 Å². The Morgan fingerprint density at radius 1 is 1.20 bits per heavy atom.